The highest BCUT2D eigenvalue weighted by Crippen LogP contribution is 2.33. The summed E-state index contributed by atoms with van der Waals surface area (Å²) in [5, 5.41) is 0. The zero-order valence-electron chi connectivity index (χ0n) is 22.9. The minimum Gasteiger partial charge on any atom is -0.489 e. The van der Waals surface area contributed by atoms with Gasteiger partial charge in [-0.15, -0.1) is 0 Å². The van der Waals surface area contributed by atoms with E-state index in [1.54, 1.807) is 18.3 Å². The van der Waals surface area contributed by atoms with Gasteiger partial charge in [-0.3, -0.25) is 4.90 Å². The van der Waals surface area contributed by atoms with Gasteiger partial charge in [-0.1, -0.05) is 51.1 Å². The lowest BCUT2D eigenvalue weighted by atomic mass is 9.76. The number of pyridine rings is 1. The quantitative estimate of drug-likeness (QED) is 0.418. The van der Waals surface area contributed by atoms with E-state index in [-0.39, 0.29) is 12.1 Å². The predicted octanol–water partition coefficient (Wildman–Crippen LogP) is 5.90. The highest BCUT2D eigenvalue weighted by atomic mass is 16.5. The monoisotopic (exact) mass is 503 g/mol. The molecule has 4 rings (SSSR count). The van der Waals surface area contributed by atoms with Gasteiger partial charge in [0.05, 0.1) is 6.10 Å². The van der Waals surface area contributed by atoms with E-state index in [1.807, 2.05) is 19.9 Å². The molecule has 0 N–H and O–H groups in total. The Kier molecular flexibility index (Phi) is 8.70. The van der Waals surface area contributed by atoms with Crippen molar-refractivity contribution in [3.63, 3.8) is 0 Å². The summed E-state index contributed by atoms with van der Waals surface area (Å²) in [7, 11) is 0. The van der Waals surface area contributed by atoms with Crippen LogP contribution in [0.1, 0.15) is 57.0 Å². The molecule has 2 aliphatic rings. The molecule has 1 unspecified atom stereocenters. The smallest absolute Gasteiger partial charge is 0.342 e. The molecule has 1 atom stereocenters. The van der Waals surface area contributed by atoms with Crippen molar-refractivity contribution < 1.29 is 14.3 Å². The summed E-state index contributed by atoms with van der Waals surface area (Å²) in [6.07, 6.45) is 9.52. The standard InChI is InChI=1S/C31H41N3O3/c1-23(2)37-30(35)28-10-7-15-32-29(28)34-18-16-33(17-19-34)21-25-8-6-9-27(20-25)36-22-24-11-13-26(14-12-24)31(3,4)5/h6-13,15,20,23,26H,14,16-19,21-22H2,1-5H3. The molecule has 1 aromatic heterocycles. The van der Waals surface area contributed by atoms with Crippen LogP contribution in [0, 0.1) is 11.3 Å². The van der Waals surface area contributed by atoms with Crippen LogP contribution in [0.3, 0.4) is 0 Å². The van der Waals surface area contributed by atoms with Crippen LogP contribution in [0.2, 0.25) is 0 Å². The van der Waals surface area contributed by atoms with Crippen LogP contribution in [0.5, 0.6) is 5.75 Å². The third-order valence-corrected chi connectivity index (χ3v) is 7.02. The van der Waals surface area contributed by atoms with Crippen molar-refractivity contribution in [3.8, 4) is 5.75 Å². The zero-order chi connectivity index (χ0) is 26.4. The summed E-state index contributed by atoms with van der Waals surface area (Å²) in [6.45, 7) is 15.5. The van der Waals surface area contributed by atoms with E-state index in [2.05, 4.69) is 72.0 Å². The maximum absolute atomic E-state index is 12.5. The van der Waals surface area contributed by atoms with E-state index in [4.69, 9.17) is 9.47 Å². The topological polar surface area (TPSA) is 54.9 Å². The van der Waals surface area contributed by atoms with Crippen molar-refractivity contribution in [2.24, 2.45) is 11.3 Å². The molecular formula is C31H41N3O3. The minimum atomic E-state index is -0.314. The Hall–Kier alpha value is -3.12. The van der Waals surface area contributed by atoms with E-state index in [9.17, 15) is 4.79 Å². The largest absolute Gasteiger partial charge is 0.489 e. The summed E-state index contributed by atoms with van der Waals surface area (Å²) in [5.41, 5.74) is 3.31. The summed E-state index contributed by atoms with van der Waals surface area (Å²) >= 11 is 0. The number of benzene rings is 1. The zero-order valence-corrected chi connectivity index (χ0v) is 22.9. The summed E-state index contributed by atoms with van der Waals surface area (Å²) < 4.78 is 11.6. The maximum Gasteiger partial charge on any atom is 0.342 e. The second-order valence-corrected chi connectivity index (χ2v) is 11.4. The number of anilines is 1. The molecule has 1 aromatic carbocycles. The Morgan fingerprint density at radius 1 is 1.11 bits per heavy atom. The molecule has 2 aromatic rings. The Morgan fingerprint density at radius 2 is 1.89 bits per heavy atom. The number of carbonyl (C=O) groups excluding carboxylic acids is 1. The first kappa shape index (κ1) is 26.9. The fraction of sp³-hybridized carbons (Fsp3) is 0.484. The molecule has 0 saturated carbocycles. The second-order valence-electron chi connectivity index (χ2n) is 11.4. The van der Waals surface area contributed by atoms with Gasteiger partial charge in [0.25, 0.3) is 0 Å². The number of allylic oxidation sites excluding steroid dienone is 2. The number of piperazine rings is 1. The molecule has 1 aliphatic carbocycles. The Balaban J connectivity index is 1.29. The molecule has 198 valence electrons. The fourth-order valence-electron chi connectivity index (χ4n) is 4.78. The Morgan fingerprint density at radius 3 is 2.57 bits per heavy atom. The number of hydrogen-bond donors (Lipinski definition) is 0. The van der Waals surface area contributed by atoms with Gasteiger partial charge in [-0.05, 0) is 67.0 Å². The molecule has 6 nitrogen and oxygen atoms in total. The molecule has 6 heteroatoms. The lowest BCUT2D eigenvalue weighted by Gasteiger charge is -2.36. The van der Waals surface area contributed by atoms with Gasteiger partial charge in [0, 0.05) is 38.9 Å². The molecule has 0 bridgehead atoms. The summed E-state index contributed by atoms with van der Waals surface area (Å²) in [4.78, 5) is 21.7. The van der Waals surface area contributed by atoms with Crippen molar-refractivity contribution in [2.75, 3.05) is 37.7 Å². The van der Waals surface area contributed by atoms with Gasteiger partial charge >= 0.3 is 5.97 Å². The molecular weight excluding hydrogens is 462 g/mol. The first-order valence-corrected chi connectivity index (χ1v) is 13.4. The average molecular weight is 504 g/mol. The van der Waals surface area contributed by atoms with Crippen LogP contribution in [0.15, 0.2) is 66.4 Å². The number of ether oxygens (including phenoxy) is 2. The molecule has 1 aliphatic heterocycles. The number of aromatic nitrogens is 1. The lowest BCUT2D eigenvalue weighted by molar-refractivity contribution is 0.0378. The normalized spacial score (nSPS) is 18.6. The third-order valence-electron chi connectivity index (χ3n) is 7.02. The van der Waals surface area contributed by atoms with Gasteiger partial charge in [0.1, 0.15) is 23.7 Å². The van der Waals surface area contributed by atoms with E-state index in [0.717, 1.165) is 44.9 Å². The summed E-state index contributed by atoms with van der Waals surface area (Å²) in [6, 6.07) is 12.0. The van der Waals surface area contributed by atoms with Crippen molar-refractivity contribution in [3.05, 3.63) is 77.5 Å². The minimum absolute atomic E-state index is 0.158. The molecule has 0 spiro atoms. The Bertz CT molecular complexity index is 1120. The van der Waals surface area contributed by atoms with Crippen molar-refractivity contribution >= 4 is 11.8 Å². The molecule has 37 heavy (non-hydrogen) atoms. The van der Waals surface area contributed by atoms with Crippen LogP contribution in [0.4, 0.5) is 5.82 Å². The number of carbonyl (C=O) groups is 1. The number of hydrogen-bond acceptors (Lipinski definition) is 6. The highest BCUT2D eigenvalue weighted by Gasteiger charge is 2.24. The molecule has 1 fully saturated rings. The SMILES string of the molecule is CC(C)OC(=O)c1cccnc1N1CCN(Cc2cccc(OCC3=CCC(C(C)(C)C)C=C3)c2)CC1. The van der Waals surface area contributed by atoms with Gasteiger partial charge in [-0.25, -0.2) is 9.78 Å². The number of nitrogens with zero attached hydrogens (tertiary/aromatic N) is 3. The van der Waals surface area contributed by atoms with Crippen LogP contribution in [-0.4, -0.2) is 54.7 Å². The first-order valence-electron chi connectivity index (χ1n) is 13.4. The predicted molar refractivity (Wildman–Crippen MR) is 149 cm³/mol. The van der Waals surface area contributed by atoms with Crippen LogP contribution in [0.25, 0.3) is 0 Å². The van der Waals surface area contributed by atoms with E-state index >= 15 is 0 Å². The van der Waals surface area contributed by atoms with Crippen molar-refractivity contribution in [2.45, 2.75) is 53.7 Å². The number of rotatable bonds is 8. The summed E-state index contributed by atoms with van der Waals surface area (Å²) in [5.74, 6) is 1.89. The van der Waals surface area contributed by atoms with E-state index in [1.165, 1.54) is 11.1 Å². The first-order chi connectivity index (χ1) is 17.7. The van der Waals surface area contributed by atoms with Gasteiger partial charge in [-0.2, -0.15) is 0 Å². The van der Waals surface area contributed by atoms with E-state index in [0.29, 0.717) is 29.3 Å². The average Bonchev–Trinajstić information content (AvgIpc) is 2.87. The van der Waals surface area contributed by atoms with Gasteiger partial charge < -0.3 is 14.4 Å². The van der Waals surface area contributed by atoms with Crippen LogP contribution >= 0.6 is 0 Å². The van der Waals surface area contributed by atoms with Crippen molar-refractivity contribution in [1.82, 2.24) is 9.88 Å². The highest BCUT2D eigenvalue weighted by molar-refractivity contribution is 5.94. The third kappa shape index (κ3) is 7.45. The van der Waals surface area contributed by atoms with Gasteiger partial charge in [0.15, 0.2) is 0 Å². The molecule has 1 saturated heterocycles. The molecule has 0 amide bonds. The number of esters is 1. The Labute approximate surface area is 222 Å². The van der Waals surface area contributed by atoms with Crippen LogP contribution in [-0.2, 0) is 11.3 Å². The molecule has 2 heterocycles. The van der Waals surface area contributed by atoms with E-state index < -0.39 is 0 Å². The van der Waals surface area contributed by atoms with Crippen molar-refractivity contribution in [1.29, 1.82) is 0 Å². The fourth-order valence-corrected chi connectivity index (χ4v) is 4.78. The van der Waals surface area contributed by atoms with Crippen LogP contribution < -0.4 is 9.64 Å². The molecule has 0 radical (unpaired) electrons. The maximum atomic E-state index is 12.5. The second kappa shape index (κ2) is 12.0. The lowest BCUT2D eigenvalue weighted by Crippen LogP contribution is -2.46. The van der Waals surface area contributed by atoms with Gasteiger partial charge in [0.2, 0.25) is 0 Å².